The van der Waals surface area contributed by atoms with Gasteiger partial charge in [0, 0.05) is 6.54 Å². The van der Waals surface area contributed by atoms with E-state index in [1.165, 1.54) is 0 Å². The van der Waals surface area contributed by atoms with Crippen LogP contribution in [-0.2, 0) is 11.3 Å². The third-order valence-corrected chi connectivity index (χ3v) is 4.37. The summed E-state index contributed by atoms with van der Waals surface area (Å²) in [5, 5.41) is 6.41. The van der Waals surface area contributed by atoms with Crippen molar-refractivity contribution < 1.29 is 4.79 Å². The Hall–Kier alpha value is -1.88. The van der Waals surface area contributed by atoms with E-state index in [2.05, 4.69) is 28.2 Å². The minimum atomic E-state index is -0.0939. The maximum atomic E-state index is 12.4. The van der Waals surface area contributed by atoms with E-state index in [9.17, 15) is 4.79 Å². The van der Waals surface area contributed by atoms with Crippen LogP contribution < -0.4 is 10.6 Å². The molecule has 5 nitrogen and oxygen atoms in total. The van der Waals surface area contributed by atoms with E-state index in [4.69, 9.17) is 4.98 Å². The molecule has 0 bridgehead atoms. The minimum Gasteiger partial charge on any atom is -0.345 e. The number of aryl methyl sites for hydroxylation is 1. The van der Waals surface area contributed by atoms with Crippen LogP contribution in [-0.4, -0.2) is 28.0 Å². The molecule has 0 saturated carbocycles. The van der Waals surface area contributed by atoms with Gasteiger partial charge in [-0.2, -0.15) is 0 Å². The molecular formula is C17H24N4O. The third-order valence-electron chi connectivity index (χ3n) is 4.37. The maximum absolute atomic E-state index is 12.4. The molecule has 0 spiro atoms. The van der Waals surface area contributed by atoms with Crippen molar-refractivity contribution in [3.8, 4) is 0 Å². The number of rotatable bonds is 4. The first-order chi connectivity index (χ1) is 10.7. The molecule has 1 fully saturated rings. The highest BCUT2D eigenvalue weighted by atomic mass is 16.2. The van der Waals surface area contributed by atoms with Crippen LogP contribution in [0.3, 0.4) is 0 Å². The summed E-state index contributed by atoms with van der Waals surface area (Å²) in [5.41, 5.74) is 2.10. The van der Waals surface area contributed by atoms with E-state index >= 15 is 0 Å². The summed E-state index contributed by atoms with van der Waals surface area (Å²) in [6, 6.07) is 7.96. The average molecular weight is 300 g/mol. The smallest absolute Gasteiger partial charge is 0.237 e. The second-order valence-corrected chi connectivity index (χ2v) is 5.94. The lowest BCUT2D eigenvalue weighted by molar-refractivity contribution is -0.124. The summed E-state index contributed by atoms with van der Waals surface area (Å²) in [6.45, 7) is 5.89. The summed E-state index contributed by atoms with van der Waals surface area (Å²) >= 11 is 0. The number of carbonyl (C=O) groups is 1. The van der Waals surface area contributed by atoms with Crippen molar-refractivity contribution in [2.24, 2.45) is 0 Å². The van der Waals surface area contributed by atoms with Gasteiger partial charge >= 0.3 is 0 Å². The van der Waals surface area contributed by atoms with Crippen LogP contribution in [0, 0.1) is 0 Å². The molecule has 0 radical (unpaired) electrons. The Kier molecular flexibility index (Phi) is 4.43. The number of fused-ring (bicyclic) bond motifs is 1. The van der Waals surface area contributed by atoms with Crippen LogP contribution in [0.2, 0.25) is 0 Å². The predicted molar refractivity (Wildman–Crippen MR) is 87.6 cm³/mol. The Morgan fingerprint density at radius 3 is 3.00 bits per heavy atom. The Balaban J connectivity index is 1.79. The fraction of sp³-hybridized carbons (Fsp3) is 0.529. The monoisotopic (exact) mass is 300 g/mol. The van der Waals surface area contributed by atoms with Gasteiger partial charge in [0.15, 0.2) is 0 Å². The van der Waals surface area contributed by atoms with Crippen LogP contribution in [0.5, 0.6) is 0 Å². The minimum absolute atomic E-state index is 0.0596. The molecule has 1 aliphatic heterocycles. The SMILES string of the molecule is CCn1c(C(C)NC(=O)[C@H]2CCCCN2)nc2ccccc21. The fourth-order valence-corrected chi connectivity index (χ4v) is 3.21. The molecule has 1 aliphatic rings. The highest BCUT2D eigenvalue weighted by Gasteiger charge is 2.24. The van der Waals surface area contributed by atoms with Gasteiger partial charge in [-0.25, -0.2) is 4.98 Å². The molecule has 1 unspecified atom stereocenters. The van der Waals surface area contributed by atoms with Gasteiger partial charge < -0.3 is 15.2 Å². The zero-order valence-corrected chi connectivity index (χ0v) is 13.3. The topological polar surface area (TPSA) is 59.0 Å². The number of hydrogen-bond donors (Lipinski definition) is 2. The lowest BCUT2D eigenvalue weighted by Gasteiger charge is -2.24. The van der Waals surface area contributed by atoms with Gasteiger partial charge in [-0.15, -0.1) is 0 Å². The fourth-order valence-electron chi connectivity index (χ4n) is 3.21. The average Bonchev–Trinajstić information content (AvgIpc) is 2.94. The Morgan fingerprint density at radius 1 is 1.45 bits per heavy atom. The van der Waals surface area contributed by atoms with Crippen molar-refractivity contribution in [2.75, 3.05) is 6.54 Å². The number of imidazole rings is 1. The number of benzene rings is 1. The number of hydrogen-bond acceptors (Lipinski definition) is 3. The van der Waals surface area contributed by atoms with Crippen molar-refractivity contribution in [2.45, 2.75) is 51.7 Å². The van der Waals surface area contributed by atoms with Crippen molar-refractivity contribution in [3.05, 3.63) is 30.1 Å². The number of aromatic nitrogens is 2. The molecule has 2 atom stereocenters. The molecule has 1 aromatic carbocycles. The molecule has 2 aromatic rings. The number of nitrogens with zero attached hydrogens (tertiary/aromatic N) is 2. The van der Waals surface area contributed by atoms with Gasteiger partial charge in [0.25, 0.3) is 0 Å². The molecule has 22 heavy (non-hydrogen) atoms. The first kappa shape index (κ1) is 15.0. The summed E-state index contributed by atoms with van der Waals surface area (Å²) < 4.78 is 2.18. The summed E-state index contributed by atoms with van der Waals surface area (Å²) in [6.07, 6.45) is 3.20. The van der Waals surface area contributed by atoms with E-state index < -0.39 is 0 Å². The van der Waals surface area contributed by atoms with Crippen molar-refractivity contribution in [1.29, 1.82) is 0 Å². The number of amides is 1. The van der Waals surface area contributed by atoms with Gasteiger partial charge in [0.05, 0.1) is 23.1 Å². The molecule has 118 valence electrons. The highest BCUT2D eigenvalue weighted by molar-refractivity contribution is 5.82. The second-order valence-electron chi connectivity index (χ2n) is 5.94. The predicted octanol–water partition coefficient (Wildman–Crippen LogP) is 2.38. The molecule has 3 rings (SSSR count). The van der Waals surface area contributed by atoms with Crippen molar-refractivity contribution in [1.82, 2.24) is 20.2 Å². The number of nitrogens with one attached hydrogen (secondary N) is 2. The Bertz CT molecular complexity index is 658. The van der Waals surface area contributed by atoms with Gasteiger partial charge in [0.1, 0.15) is 5.82 Å². The van der Waals surface area contributed by atoms with E-state index in [1.54, 1.807) is 0 Å². The first-order valence-electron chi connectivity index (χ1n) is 8.19. The van der Waals surface area contributed by atoms with Crippen LogP contribution in [0.1, 0.15) is 45.0 Å². The molecule has 2 N–H and O–H groups in total. The van der Waals surface area contributed by atoms with E-state index in [1.807, 2.05) is 25.1 Å². The molecule has 1 aromatic heterocycles. The van der Waals surface area contributed by atoms with E-state index in [-0.39, 0.29) is 18.0 Å². The van der Waals surface area contributed by atoms with Crippen LogP contribution in [0.25, 0.3) is 11.0 Å². The molecule has 2 heterocycles. The second kappa shape index (κ2) is 6.48. The summed E-state index contributed by atoms with van der Waals surface area (Å²) in [4.78, 5) is 17.1. The Morgan fingerprint density at radius 2 is 2.27 bits per heavy atom. The maximum Gasteiger partial charge on any atom is 0.237 e. The molecule has 5 heteroatoms. The van der Waals surface area contributed by atoms with Crippen molar-refractivity contribution >= 4 is 16.9 Å². The Labute approximate surface area is 131 Å². The number of para-hydroxylation sites is 2. The molecule has 1 saturated heterocycles. The first-order valence-corrected chi connectivity index (χ1v) is 8.19. The van der Waals surface area contributed by atoms with Crippen LogP contribution >= 0.6 is 0 Å². The zero-order chi connectivity index (χ0) is 15.5. The number of piperidine rings is 1. The summed E-state index contributed by atoms with van der Waals surface area (Å²) in [7, 11) is 0. The van der Waals surface area contributed by atoms with Gasteiger partial charge in [-0.05, 0) is 45.4 Å². The molecule has 0 aliphatic carbocycles. The normalized spacial score (nSPS) is 20.0. The highest BCUT2D eigenvalue weighted by Crippen LogP contribution is 2.21. The van der Waals surface area contributed by atoms with Crippen LogP contribution in [0.15, 0.2) is 24.3 Å². The van der Waals surface area contributed by atoms with E-state index in [0.29, 0.717) is 0 Å². The number of carbonyl (C=O) groups excluding carboxylic acids is 1. The van der Waals surface area contributed by atoms with E-state index in [0.717, 1.165) is 49.2 Å². The summed E-state index contributed by atoms with van der Waals surface area (Å²) in [5.74, 6) is 1.01. The standard InChI is InChI=1S/C17H24N4O/c1-3-21-15-10-5-4-8-13(15)20-16(21)12(2)19-17(22)14-9-6-7-11-18-14/h4-5,8,10,12,14,18H,3,6-7,9,11H2,1-2H3,(H,19,22)/t12?,14-/m1/s1. The van der Waals surface area contributed by atoms with Crippen LogP contribution in [0.4, 0.5) is 0 Å². The van der Waals surface area contributed by atoms with Gasteiger partial charge in [-0.3, -0.25) is 4.79 Å². The third kappa shape index (κ3) is 2.86. The lowest BCUT2D eigenvalue weighted by atomic mass is 10.0. The van der Waals surface area contributed by atoms with Gasteiger partial charge in [0.2, 0.25) is 5.91 Å². The molecule has 1 amide bonds. The zero-order valence-electron chi connectivity index (χ0n) is 13.3. The van der Waals surface area contributed by atoms with Crippen molar-refractivity contribution in [3.63, 3.8) is 0 Å². The lowest BCUT2D eigenvalue weighted by Crippen LogP contribution is -2.47. The quantitative estimate of drug-likeness (QED) is 0.911. The largest absolute Gasteiger partial charge is 0.345 e. The molecular weight excluding hydrogens is 276 g/mol. The van der Waals surface area contributed by atoms with Gasteiger partial charge in [-0.1, -0.05) is 18.6 Å².